The molecule has 0 aliphatic carbocycles. The number of ether oxygens (including phenoxy) is 1. The van der Waals surface area contributed by atoms with E-state index in [0.717, 1.165) is 23.5 Å². The van der Waals surface area contributed by atoms with Crippen molar-refractivity contribution >= 4 is 51.1 Å². The van der Waals surface area contributed by atoms with Gasteiger partial charge in [-0.3, -0.25) is 15.0 Å². The monoisotopic (exact) mass is 608 g/mol. The summed E-state index contributed by atoms with van der Waals surface area (Å²) < 4.78 is 59.8. The summed E-state index contributed by atoms with van der Waals surface area (Å²) in [5.74, 6) is -3.68. The van der Waals surface area contributed by atoms with Gasteiger partial charge in [0.2, 0.25) is 0 Å². The summed E-state index contributed by atoms with van der Waals surface area (Å²) in [5, 5.41) is 18.5. The SMILES string of the molecule is NC(=O)C(N1CCOCC1)n1ncc2c(C(=O)O)cc(-c3cnc(NC(=O)Nc4cccc(C(F)(F)F)c4F)s3)nc21. The van der Waals surface area contributed by atoms with Crippen molar-refractivity contribution in [3.05, 3.63) is 53.6 Å². The Labute approximate surface area is 236 Å². The summed E-state index contributed by atoms with van der Waals surface area (Å²) in [6.07, 6.45) is -3.49. The molecule has 4 aromatic rings. The second-order valence-corrected chi connectivity index (χ2v) is 9.92. The van der Waals surface area contributed by atoms with Crippen molar-refractivity contribution in [2.45, 2.75) is 12.3 Å². The number of carbonyl (C=O) groups excluding carboxylic acids is 2. The molecule has 4 heterocycles. The van der Waals surface area contributed by atoms with Crippen LogP contribution in [0.25, 0.3) is 21.6 Å². The van der Waals surface area contributed by atoms with Gasteiger partial charge in [-0.1, -0.05) is 17.4 Å². The van der Waals surface area contributed by atoms with Crippen LogP contribution in [0.4, 0.5) is 33.2 Å². The van der Waals surface area contributed by atoms with Crippen molar-refractivity contribution in [1.82, 2.24) is 24.6 Å². The molecule has 18 heteroatoms. The van der Waals surface area contributed by atoms with Gasteiger partial charge in [-0.25, -0.2) is 28.6 Å². The third-order valence-electron chi connectivity index (χ3n) is 6.21. The maximum atomic E-state index is 14.3. The molecule has 220 valence electrons. The van der Waals surface area contributed by atoms with Crippen LogP contribution >= 0.6 is 11.3 Å². The standard InChI is InChI=1S/C24H20F4N8O5S/c25-17-13(24(26,27)28)2-1-3-14(17)33-22(40)34-23-30-10-16(42-23)15-8-11(21(38)39)12-9-31-36(19(12)32-15)20(18(29)37)35-4-6-41-7-5-35/h1-3,8-10,20H,4-7H2,(H2,29,37)(H,38,39)(H2,30,33,34,40). The van der Waals surface area contributed by atoms with E-state index in [4.69, 9.17) is 10.5 Å². The number of thiazole rings is 1. The van der Waals surface area contributed by atoms with Crippen LogP contribution in [0.15, 0.2) is 36.7 Å². The highest BCUT2D eigenvalue weighted by Gasteiger charge is 2.35. The van der Waals surface area contributed by atoms with Crippen molar-refractivity contribution < 1.29 is 41.8 Å². The quantitative estimate of drug-likeness (QED) is 0.229. The average molecular weight is 609 g/mol. The van der Waals surface area contributed by atoms with Crippen LogP contribution in [0.2, 0.25) is 0 Å². The van der Waals surface area contributed by atoms with E-state index in [9.17, 15) is 37.1 Å². The summed E-state index contributed by atoms with van der Waals surface area (Å²) in [5.41, 5.74) is 3.43. The van der Waals surface area contributed by atoms with Gasteiger partial charge in [0.25, 0.3) is 5.91 Å². The predicted molar refractivity (Wildman–Crippen MR) is 140 cm³/mol. The highest BCUT2D eigenvalue weighted by molar-refractivity contribution is 7.19. The van der Waals surface area contributed by atoms with Gasteiger partial charge < -0.3 is 20.9 Å². The van der Waals surface area contributed by atoms with Crippen molar-refractivity contribution in [1.29, 1.82) is 0 Å². The first-order valence-electron chi connectivity index (χ1n) is 12.1. The van der Waals surface area contributed by atoms with E-state index < -0.39 is 47.3 Å². The number of rotatable bonds is 7. The molecule has 0 bridgehead atoms. The molecule has 1 atom stereocenters. The summed E-state index contributed by atoms with van der Waals surface area (Å²) in [4.78, 5) is 47.5. The van der Waals surface area contributed by atoms with E-state index in [1.54, 1.807) is 4.90 Å². The smallest absolute Gasteiger partial charge is 0.419 e. The van der Waals surface area contributed by atoms with E-state index in [-0.39, 0.29) is 32.3 Å². The molecule has 3 aromatic heterocycles. The number of pyridine rings is 1. The molecule has 13 nitrogen and oxygen atoms in total. The first-order valence-corrected chi connectivity index (χ1v) is 12.9. The number of amides is 3. The number of aromatic nitrogens is 4. The highest BCUT2D eigenvalue weighted by Crippen LogP contribution is 2.35. The first kappa shape index (κ1) is 28.8. The number of carbonyl (C=O) groups is 3. The van der Waals surface area contributed by atoms with Crippen LogP contribution in [-0.4, -0.2) is 74.0 Å². The molecule has 42 heavy (non-hydrogen) atoms. The van der Waals surface area contributed by atoms with Gasteiger partial charge in [-0.15, -0.1) is 0 Å². The number of nitrogens with one attached hydrogen (secondary N) is 2. The van der Waals surface area contributed by atoms with Crippen LogP contribution < -0.4 is 16.4 Å². The van der Waals surface area contributed by atoms with Crippen LogP contribution in [-0.2, 0) is 15.7 Å². The van der Waals surface area contributed by atoms with Crippen molar-refractivity contribution in [3.8, 4) is 10.6 Å². The van der Waals surface area contributed by atoms with Crippen LogP contribution in [0, 0.1) is 5.82 Å². The van der Waals surface area contributed by atoms with Gasteiger partial charge in [-0.2, -0.15) is 18.3 Å². The Bertz CT molecular complexity index is 1690. The first-order chi connectivity index (χ1) is 19.9. The number of benzene rings is 1. The molecule has 5 rings (SSSR count). The number of hydrogen-bond donors (Lipinski definition) is 4. The van der Waals surface area contributed by atoms with E-state index in [1.807, 2.05) is 5.32 Å². The molecule has 0 radical (unpaired) electrons. The number of nitrogens with two attached hydrogens (primary N) is 1. The van der Waals surface area contributed by atoms with Crippen LogP contribution in [0.5, 0.6) is 0 Å². The number of carboxylic acids is 1. The second-order valence-electron chi connectivity index (χ2n) is 8.88. The number of urea groups is 1. The van der Waals surface area contributed by atoms with E-state index in [0.29, 0.717) is 32.4 Å². The molecule has 1 unspecified atom stereocenters. The number of fused-ring (bicyclic) bond motifs is 1. The van der Waals surface area contributed by atoms with E-state index in [1.165, 1.54) is 23.1 Å². The number of aromatic carboxylic acids is 1. The van der Waals surface area contributed by atoms with E-state index >= 15 is 0 Å². The highest BCUT2D eigenvalue weighted by atomic mass is 32.1. The fourth-order valence-corrected chi connectivity index (χ4v) is 5.10. The van der Waals surface area contributed by atoms with Crippen LogP contribution in [0.3, 0.4) is 0 Å². The Morgan fingerprint density at radius 2 is 1.88 bits per heavy atom. The third kappa shape index (κ3) is 5.71. The number of morpholine rings is 1. The predicted octanol–water partition coefficient (Wildman–Crippen LogP) is 3.37. The Balaban J connectivity index is 1.44. The number of primary amides is 1. The fourth-order valence-electron chi connectivity index (χ4n) is 4.33. The lowest BCUT2D eigenvalue weighted by molar-refractivity contribution is -0.140. The zero-order valence-corrected chi connectivity index (χ0v) is 22.0. The molecular formula is C24H20F4N8O5S. The summed E-state index contributed by atoms with van der Waals surface area (Å²) in [6, 6.07) is 2.64. The minimum atomic E-state index is -4.96. The summed E-state index contributed by atoms with van der Waals surface area (Å²) in [6.45, 7) is 1.45. The molecule has 3 amide bonds. The minimum absolute atomic E-state index is 0.0505. The Morgan fingerprint density at radius 3 is 2.55 bits per heavy atom. The molecule has 0 saturated carbocycles. The zero-order valence-electron chi connectivity index (χ0n) is 21.2. The molecular weight excluding hydrogens is 588 g/mol. The van der Waals surface area contributed by atoms with Crippen LogP contribution in [0.1, 0.15) is 22.1 Å². The number of anilines is 2. The summed E-state index contributed by atoms with van der Waals surface area (Å²) >= 11 is 0.856. The third-order valence-corrected chi connectivity index (χ3v) is 7.14. The fraction of sp³-hybridized carbons (Fsp3) is 0.250. The van der Waals surface area contributed by atoms with Gasteiger partial charge in [0.15, 0.2) is 22.8 Å². The zero-order chi connectivity index (χ0) is 30.2. The molecule has 1 aromatic carbocycles. The molecule has 1 aliphatic rings. The maximum absolute atomic E-state index is 14.3. The normalized spacial score (nSPS) is 15.0. The second kappa shape index (κ2) is 11.3. The van der Waals surface area contributed by atoms with Gasteiger partial charge in [-0.05, 0) is 18.2 Å². The van der Waals surface area contributed by atoms with Crippen molar-refractivity contribution in [2.24, 2.45) is 5.73 Å². The lowest BCUT2D eigenvalue weighted by atomic mass is 10.1. The minimum Gasteiger partial charge on any atom is -0.478 e. The van der Waals surface area contributed by atoms with Crippen molar-refractivity contribution in [2.75, 3.05) is 36.9 Å². The van der Waals surface area contributed by atoms with Gasteiger partial charge in [0.1, 0.15) is 0 Å². The molecule has 1 fully saturated rings. The maximum Gasteiger partial charge on any atom is 0.419 e. The Hall–Kier alpha value is -4.68. The number of nitrogens with zero attached hydrogens (tertiary/aromatic N) is 5. The topological polar surface area (TPSA) is 178 Å². The van der Waals surface area contributed by atoms with Gasteiger partial charge in [0, 0.05) is 19.3 Å². The lowest BCUT2D eigenvalue weighted by Gasteiger charge is -2.32. The largest absolute Gasteiger partial charge is 0.478 e. The Kier molecular flexibility index (Phi) is 7.76. The molecule has 1 saturated heterocycles. The number of alkyl halides is 3. The van der Waals surface area contributed by atoms with Gasteiger partial charge >= 0.3 is 18.2 Å². The molecule has 0 spiro atoms. The number of carboxylic acid groups (broad SMARTS) is 1. The molecule has 1 aliphatic heterocycles. The number of hydrogen-bond acceptors (Lipinski definition) is 9. The lowest BCUT2D eigenvalue weighted by Crippen LogP contribution is -2.47. The Morgan fingerprint density at radius 1 is 1.14 bits per heavy atom. The number of halogens is 4. The van der Waals surface area contributed by atoms with Gasteiger partial charge in [0.05, 0.1) is 52.2 Å². The average Bonchev–Trinajstić information content (AvgIpc) is 3.56. The summed E-state index contributed by atoms with van der Waals surface area (Å²) in [7, 11) is 0. The molecule has 5 N–H and O–H groups in total. The van der Waals surface area contributed by atoms with Crippen molar-refractivity contribution in [3.63, 3.8) is 0 Å². The van der Waals surface area contributed by atoms with E-state index in [2.05, 4.69) is 20.4 Å².